The standard InChI is InChI=1S/C25H38F4N6/c1-24(2)10-19-18(5-7-21-20(19)12-31-33-21)23(35(24)15-25(27,28)29)22-6-4-16(11-30-22)32-17-13-34(14-17)9-3-8-26/h4,6,11,17-21,23,31-33H,3,5,7-10,12-15H2,1-2H3/t18?,19?,20?,21?,23-/m0/s1. The van der Waals surface area contributed by atoms with Crippen molar-refractivity contribution in [3.8, 4) is 0 Å². The lowest BCUT2D eigenvalue weighted by molar-refractivity contribution is -0.187. The molecule has 35 heavy (non-hydrogen) atoms. The van der Waals surface area contributed by atoms with E-state index >= 15 is 0 Å². The number of anilines is 1. The van der Waals surface area contributed by atoms with E-state index in [2.05, 4.69) is 21.1 Å². The quantitative estimate of drug-likeness (QED) is 0.498. The zero-order valence-corrected chi connectivity index (χ0v) is 20.6. The fourth-order valence-electron chi connectivity index (χ4n) is 7.11. The van der Waals surface area contributed by atoms with Crippen LogP contribution in [0.4, 0.5) is 23.2 Å². The van der Waals surface area contributed by atoms with E-state index in [1.165, 1.54) is 0 Å². The van der Waals surface area contributed by atoms with Crippen molar-refractivity contribution < 1.29 is 17.6 Å². The van der Waals surface area contributed by atoms with Crippen molar-refractivity contribution in [2.45, 2.75) is 69.4 Å². The molecule has 5 atom stereocenters. The van der Waals surface area contributed by atoms with Crippen LogP contribution < -0.4 is 16.2 Å². The molecule has 1 saturated carbocycles. The number of rotatable bonds is 7. The van der Waals surface area contributed by atoms with Gasteiger partial charge in [-0.05, 0) is 69.4 Å². The summed E-state index contributed by atoms with van der Waals surface area (Å²) in [7, 11) is 0. The number of hydrogen-bond donors (Lipinski definition) is 3. The van der Waals surface area contributed by atoms with Gasteiger partial charge < -0.3 is 5.32 Å². The number of likely N-dealkylation sites (tertiary alicyclic amines) is 2. The summed E-state index contributed by atoms with van der Waals surface area (Å²) < 4.78 is 53.6. The summed E-state index contributed by atoms with van der Waals surface area (Å²) in [6.45, 7) is 6.09. The Labute approximate surface area is 205 Å². The van der Waals surface area contributed by atoms with Crippen molar-refractivity contribution in [1.29, 1.82) is 0 Å². The highest BCUT2D eigenvalue weighted by atomic mass is 19.4. The largest absolute Gasteiger partial charge is 0.401 e. The van der Waals surface area contributed by atoms with E-state index in [4.69, 9.17) is 4.98 Å². The van der Waals surface area contributed by atoms with Crippen molar-refractivity contribution in [1.82, 2.24) is 25.6 Å². The Bertz CT molecular complexity index is 857. The van der Waals surface area contributed by atoms with Gasteiger partial charge in [0.25, 0.3) is 0 Å². The van der Waals surface area contributed by atoms with E-state index < -0.39 is 18.3 Å². The maximum absolute atomic E-state index is 13.8. The minimum Gasteiger partial charge on any atom is -0.378 e. The Kier molecular flexibility index (Phi) is 7.02. The minimum absolute atomic E-state index is 0.148. The molecule has 4 heterocycles. The highest BCUT2D eigenvalue weighted by Crippen LogP contribution is 2.54. The molecule has 0 radical (unpaired) electrons. The summed E-state index contributed by atoms with van der Waals surface area (Å²) in [6, 6.07) is 4.21. The van der Waals surface area contributed by atoms with Gasteiger partial charge >= 0.3 is 6.18 Å². The van der Waals surface area contributed by atoms with Gasteiger partial charge in [0.15, 0.2) is 0 Å². The van der Waals surface area contributed by atoms with Crippen LogP contribution in [0.2, 0.25) is 0 Å². The molecule has 1 aromatic rings. The number of fused-ring (bicyclic) bond motifs is 3. The van der Waals surface area contributed by atoms with E-state index in [9.17, 15) is 17.6 Å². The number of pyridine rings is 1. The van der Waals surface area contributed by atoms with Gasteiger partial charge in [0.2, 0.25) is 0 Å². The number of alkyl halides is 4. The van der Waals surface area contributed by atoms with E-state index in [0.717, 1.165) is 56.8 Å². The normalized spacial score (nSPS) is 33.7. The van der Waals surface area contributed by atoms with E-state index in [0.29, 0.717) is 30.3 Å². The molecule has 10 heteroatoms. The summed E-state index contributed by atoms with van der Waals surface area (Å²) in [5.74, 6) is 0.935. The van der Waals surface area contributed by atoms with Crippen LogP contribution in [0.5, 0.6) is 0 Å². The summed E-state index contributed by atoms with van der Waals surface area (Å²) in [4.78, 5) is 8.62. The van der Waals surface area contributed by atoms with Crippen LogP contribution in [0, 0.1) is 17.8 Å². The number of piperidine rings is 1. The van der Waals surface area contributed by atoms with Crippen LogP contribution in [0.15, 0.2) is 18.3 Å². The molecular weight excluding hydrogens is 460 g/mol. The number of hydrazine groups is 1. The predicted octanol–water partition coefficient (Wildman–Crippen LogP) is 3.74. The molecule has 0 spiro atoms. The lowest BCUT2D eigenvalue weighted by atomic mass is 9.60. The van der Waals surface area contributed by atoms with Crippen LogP contribution >= 0.6 is 0 Å². The van der Waals surface area contributed by atoms with Gasteiger partial charge in [-0.2, -0.15) is 13.2 Å². The number of halogens is 4. The second-order valence-electron chi connectivity index (χ2n) is 11.5. The molecule has 4 fully saturated rings. The lowest BCUT2D eigenvalue weighted by Crippen LogP contribution is -2.60. The SMILES string of the molecule is CC1(C)CC2C3CNNC3CCC2[C@@H](c2ccc(NC3CN(CCCF)C3)cn2)N1CC(F)(F)F. The van der Waals surface area contributed by atoms with Gasteiger partial charge in [-0.25, -0.2) is 0 Å². The molecule has 196 valence electrons. The van der Waals surface area contributed by atoms with Crippen molar-refractivity contribution in [3.05, 3.63) is 24.0 Å². The van der Waals surface area contributed by atoms with E-state index in [1.807, 2.05) is 26.0 Å². The molecular formula is C25H38F4N6. The zero-order chi connectivity index (χ0) is 24.8. The average molecular weight is 499 g/mol. The first-order chi connectivity index (χ1) is 16.6. The molecule has 3 saturated heterocycles. The Balaban J connectivity index is 1.35. The van der Waals surface area contributed by atoms with Gasteiger partial charge in [-0.1, -0.05) is 0 Å². The van der Waals surface area contributed by atoms with Crippen LogP contribution in [-0.2, 0) is 0 Å². The van der Waals surface area contributed by atoms with Gasteiger partial charge in [-0.3, -0.25) is 30.0 Å². The fraction of sp³-hybridized carbons (Fsp3) is 0.800. The lowest BCUT2D eigenvalue weighted by Gasteiger charge is -2.57. The summed E-state index contributed by atoms with van der Waals surface area (Å²) in [5.41, 5.74) is 7.71. The Hall–Kier alpha value is -1.49. The van der Waals surface area contributed by atoms with Gasteiger partial charge in [0.1, 0.15) is 0 Å². The Morgan fingerprint density at radius 2 is 1.94 bits per heavy atom. The number of nitrogens with one attached hydrogen (secondary N) is 3. The minimum atomic E-state index is -4.27. The summed E-state index contributed by atoms with van der Waals surface area (Å²) in [5, 5.41) is 3.46. The van der Waals surface area contributed by atoms with Crippen LogP contribution in [0.25, 0.3) is 0 Å². The van der Waals surface area contributed by atoms with Crippen LogP contribution in [0.1, 0.15) is 51.3 Å². The fourth-order valence-corrected chi connectivity index (χ4v) is 7.11. The second-order valence-corrected chi connectivity index (χ2v) is 11.5. The molecule has 3 N–H and O–H groups in total. The van der Waals surface area contributed by atoms with Crippen molar-refractivity contribution >= 4 is 5.69 Å². The number of hydrogen-bond acceptors (Lipinski definition) is 6. The maximum Gasteiger partial charge on any atom is 0.401 e. The molecule has 1 aliphatic carbocycles. The molecule has 4 unspecified atom stereocenters. The highest BCUT2D eigenvalue weighted by molar-refractivity contribution is 5.43. The molecule has 0 bridgehead atoms. The van der Waals surface area contributed by atoms with Crippen molar-refractivity contribution in [3.63, 3.8) is 0 Å². The number of aromatic nitrogens is 1. The number of nitrogens with zero attached hydrogens (tertiary/aromatic N) is 3. The van der Waals surface area contributed by atoms with E-state index in [1.54, 1.807) is 11.1 Å². The molecule has 0 amide bonds. The zero-order valence-electron chi connectivity index (χ0n) is 20.6. The first-order valence-corrected chi connectivity index (χ1v) is 13.0. The second kappa shape index (κ2) is 9.76. The molecule has 0 aromatic carbocycles. The summed E-state index contributed by atoms with van der Waals surface area (Å²) in [6.07, 6.45) is 0.686. The first-order valence-electron chi connectivity index (χ1n) is 13.0. The summed E-state index contributed by atoms with van der Waals surface area (Å²) >= 11 is 0. The highest BCUT2D eigenvalue weighted by Gasteiger charge is 2.55. The van der Waals surface area contributed by atoms with Crippen molar-refractivity contribution in [2.75, 3.05) is 44.7 Å². The predicted molar refractivity (Wildman–Crippen MR) is 128 cm³/mol. The topological polar surface area (TPSA) is 55.5 Å². The third-order valence-corrected chi connectivity index (χ3v) is 8.68. The third-order valence-electron chi connectivity index (χ3n) is 8.68. The molecule has 5 rings (SSSR count). The smallest absolute Gasteiger partial charge is 0.378 e. The van der Waals surface area contributed by atoms with Crippen LogP contribution in [0.3, 0.4) is 0 Å². The molecule has 1 aromatic heterocycles. The van der Waals surface area contributed by atoms with Crippen LogP contribution in [-0.4, -0.2) is 78.0 Å². The average Bonchev–Trinajstić information content (AvgIpc) is 3.25. The van der Waals surface area contributed by atoms with Gasteiger partial charge in [0.05, 0.1) is 42.9 Å². The van der Waals surface area contributed by atoms with Gasteiger partial charge in [-0.15, -0.1) is 0 Å². The van der Waals surface area contributed by atoms with Crippen molar-refractivity contribution in [2.24, 2.45) is 17.8 Å². The molecule has 6 nitrogen and oxygen atoms in total. The Morgan fingerprint density at radius 3 is 2.63 bits per heavy atom. The molecule has 4 aliphatic rings. The maximum atomic E-state index is 13.8. The molecule has 3 aliphatic heterocycles. The Morgan fingerprint density at radius 1 is 1.14 bits per heavy atom. The monoisotopic (exact) mass is 498 g/mol. The van der Waals surface area contributed by atoms with Gasteiger partial charge in [0, 0.05) is 37.8 Å². The van der Waals surface area contributed by atoms with E-state index in [-0.39, 0.29) is 18.6 Å². The first kappa shape index (κ1) is 25.2. The third kappa shape index (κ3) is 5.31.